The molecule has 0 aromatic heterocycles. The van der Waals surface area contributed by atoms with Gasteiger partial charge in [-0.25, -0.2) is 0 Å². The van der Waals surface area contributed by atoms with Crippen LogP contribution in [0.25, 0.3) is 5.76 Å². The fourth-order valence-electron chi connectivity index (χ4n) is 4.75. The van der Waals surface area contributed by atoms with E-state index >= 15 is 0 Å². The zero-order valence-electron chi connectivity index (χ0n) is 21.6. The number of nitrogens with zero attached hydrogens (tertiary/aromatic N) is 2. The molecule has 192 valence electrons. The normalized spacial score (nSPS) is 20.7. The number of morpholine rings is 1. The first kappa shape index (κ1) is 25.9. The van der Waals surface area contributed by atoms with Crippen molar-refractivity contribution in [3.05, 3.63) is 70.8 Å². The highest BCUT2D eigenvalue weighted by atomic mass is 16.5. The van der Waals surface area contributed by atoms with Crippen molar-refractivity contribution in [2.75, 3.05) is 46.0 Å². The Morgan fingerprint density at radius 2 is 1.75 bits per heavy atom. The minimum Gasteiger partial charge on any atom is -0.507 e. The molecule has 1 unspecified atom stereocenters. The quantitative estimate of drug-likeness (QED) is 0.356. The number of hydrogen-bond donors (Lipinski definition) is 1. The lowest BCUT2D eigenvalue weighted by Gasteiger charge is -2.31. The van der Waals surface area contributed by atoms with Crippen molar-refractivity contribution >= 4 is 17.4 Å². The summed E-state index contributed by atoms with van der Waals surface area (Å²) in [6.45, 7) is 12.7. The Morgan fingerprint density at radius 3 is 2.39 bits per heavy atom. The van der Waals surface area contributed by atoms with Gasteiger partial charge in [0.05, 0.1) is 31.4 Å². The molecule has 7 heteroatoms. The van der Waals surface area contributed by atoms with E-state index in [1.807, 2.05) is 31.2 Å². The highest BCUT2D eigenvalue weighted by Gasteiger charge is 2.46. The molecule has 2 aliphatic rings. The number of hydrogen-bond acceptors (Lipinski definition) is 6. The predicted molar refractivity (Wildman–Crippen MR) is 139 cm³/mol. The minimum atomic E-state index is -0.671. The lowest BCUT2D eigenvalue weighted by Crippen LogP contribution is -2.42. The fraction of sp³-hybridized carbons (Fsp3) is 0.448. The van der Waals surface area contributed by atoms with Crippen LogP contribution in [-0.4, -0.2) is 72.6 Å². The van der Waals surface area contributed by atoms with E-state index in [2.05, 4.69) is 25.7 Å². The number of benzene rings is 2. The van der Waals surface area contributed by atoms with E-state index in [4.69, 9.17) is 9.47 Å². The van der Waals surface area contributed by atoms with Crippen LogP contribution in [0.15, 0.2) is 54.1 Å². The number of ether oxygens (including phenoxy) is 2. The summed E-state index contributed by atoms with van der Waals surface area (Å²) in [6, 6.07) is 14.3. The molecule has 2 saturated heterocycles. The van der Waals surface area contributed by atoms with Gasteiger partial charge in [0.25, 0.3) is 11.7 Å². The molecule has 2 aromatic carbocycles. The highest BCUT2D eigenvalue weighted by Crippen LogP contribution is 2.40. The zero-order chi connectivity index (χ0) is 25.9. The maximum atomic E-state index is 13.3. The molecular formula is C29H36N2O5. The molecule has 4 rings (SSSR count). The Bertz CT molecular complexity index is 1130. The molecule has 2 aromatic rings. The SMILES string of the molecule is CCOc1cccc(C(O)=C2C(=O)C(=O)N(CCN3CCOCC3)C2c2ccc(C(C)(C)C)cc2)c1. The zero-order valence-corrected chi connectivity index (χ0v) is 21.6. The molecule has 1 amide bonds. The highest BCUT2D eigenvalue weighted by molar-refractivity contribution is 6.46. The van der Waals surface area contributed by atoms with Gasteiger partial charge in [-0.15, -0.1) is 0 Å². The molecule has 0 radical (unpaired) electrons. The Morgan fingerprint density at radius 1 is 1.06 bits per heavy atom. The van der Waals surface area contributed by atoms with E-state index in [0.29, 0.717) is 44.2 Å². The van der Waals surface area contributed by atoms with Crippen LogP contribution in [0.3, 0.4) is 0 Å². The minimum absolute atomic E-state index is 0.0314. The molecule has 2 heterocycles. The summed E-state index contributed by atoms with van der Waals surface area (Å²) in [5.41, 5.74) is 2.48. The van der Waals surface area contributed by atoms with E-state index in [0.717, 1.165) is 24.2 Å². The number of aliphatic hydroxyl groups is 1. The Balaban J connectivity index is 1.75. The van der Waals surface area contributed by atoms with E-state index < -0.39 is 17.7 Å². The maximum absolute atomic E-state index is 13.3. The van der Waals surface area contributed by atoms with Crippen LogP contribution < -0.4 is 4.74 Å². The molecule has 36 heavy (non-hydrogen) atoms. The number of rotatable bonds is 7. The van der Waals surface area contributed by atoms with E-state index in [1.54, 1.807) is 29.2 Å². The van der Waals surface area contributed by atoms with Gasteiger partial charge < -0.3 is 19.5 Å². The first-order chi connectivity index (χ1) is 17.2. The van der Waals surface area contributed by atoms with Crippen molar-refractivity contribution < 1.29 is 24.2 Å². The molecule has 0 bridgehead atoms. The number of carbonyl (C=O) groups excluding carboxylic acids is 2. The topological polar surface area (TPSA) is 79.3 Å². The largest absolute Gasteiger partial charge is 0.507 e. The molecule has 1 N–H and O–H groups in total. The smallest absolute Gasteiger partial charge is 0.295 e. The standard InChI is InChI=1S/C29H36N2O5/c1-5-36-23-8-6-7-21(19-23)26(32)24-25(20-9-11-22(12-10-20)29(2,3)4)31(28(34)27(24)33)14-13-30-15-17-35-18-16-30/h6-12,19,25,32H,5,13-18H2,1-4H3. The van der Waals surface area contributed by atoms with Crippen LogP contribution in [0, 0.1) is 0 Å². The molecule has 7 nitrogen and oxygen atoms in total. The van der Waals surface area contributed by atoms with Gasteiger partial charge in [0.1, 0.15) is 11.5 Å². The average Bonchev–Trinajstić information content (AvgIpc) is 3.12. The summed E-state index contributed by atoms with van der Waals surface area (Å²) in [4.78, 5) is 30.4. The van der Waals surface area contributed by atoms with E-state index in [-0.39, 0.29) is 16.7 Å². The monoisotopic (exact) mass is 492 g/mol. The Labute approximate surface area is 213 Å². The second kappa shape index (κ2) is 10.8. The molecule has 2 aliphatic heterocycles. The van der Waals surface area contributed by atoms with Crippen LogP contribution in [0.2, 0.25) is 0 Å². The summed E-state index contributed by atoms with van der Waals surface area (Å²) in [7, 11) is 0. The van der Waals surface area contributed by atoms with Crippen LogP contribution in [0.5, 0.6) is 5.75 Å². The third-order valence-corrected chi connectivity index (χ3v) is 6.81. The molecule has 2 fully saturated rings. The molecular weight excluding hydrogens is 456 g/mol. The van der Waals surface area contributed by atoms with Gasteiger partial charge in [-0.3, -0.25) is 14.5 Å². The number of carbonyl (C=O) groups is 2. The second-order valence-corrected chi connectivity index (χ2v) is 10.3. The maximum Gasteiger partial charge on any atom is 0.295 e. The van der Waals surface area contributed by atoms with Crippen molar-refractivity contribution in [1.29, 1.82) is 0 Å². The van der Waals surface area contributed by atoms with Gasteiger partial charge in [0.15, 0.2) is 0 Å². The third-order valence-electron chi connectivity index (χ3n) is 6.81. The first-order valence-electron chi connectivity index (χ1n) is 12.6. The summed E-state index contributed by atoms with van der Waals surface area (Å²) in [6.07, 6.45) is 0. The van der Waals surface area contributed by atoms with Crippen molar-refractivity contribution in [2.45, 2.75) is 39.2 Å². The summed E-state index contributed by atoms with van der Waals surface area (Å²) in [5, 5.41) is 11.3. The van der Waals surface area contributed by atoms with Crippen molar-refractivity contribution in [2.24, 2.45) is 0 Å². The van der Waals surface area contributed by atoms with Crippen molar-refractivity contribution in [3.63, 3.8) is 0 Å². The lowest BCUT2D eigenvalue weighted by molar-refractivity contribution is -0.140. The Kier molecular flexibility index (Phi) is 7.81. The fourth-order valence-corrected chi connectivity index (χ4v) is 4.75. The Hall–Kier alpha value is -3.16. The molecule has 0 aliphatic carbocycles. The van der Waals surface area contributed by atoms with Gasteiger partial charge in [-0.2, -0.15) is 0 Å². The van der Waals surface area contributed by atoms with Gasteiger partial charge in [0.2, 0.25) is 0 Å². The van der Waals surface area contributed by atoms with Crippen molar-refractivity contribution in [1.82, 2.24) is 9.80 Å². The number of amides is 1. The second-order valence-electron chi connectivity index (χ2n) is 10.3. The van der Waals surface area contributed by atoms with Crippen LogP contribution in [0.4, 0.5) is 0 Å². The van der Waals surface area contributed by atoms with Crippen LogP contribution in [-0.2, 0) is 19.7 Å². The predicted octanol–water partition coefficient (Wildman–Crippen LogP) is 4.14. The van der Waals surface area contributed by atoms with Gasteiger partial charge >= 0.3 is 0 Å². The average molecular weight is 493 g/mol. The number of Topliss-reactive ketones (excluding diaryl/α,β-unsaturated/α-hetero) is 1. The number of aliphatic hydroxyl groups excluding tert-OH is 1. The van der Waals surface area contributed by atoms with Gasteiger partial charge in [-0.05, 0) is 35.6 Å². The summed E-state index contributed by atoms with van der Waals surface area (Å²) < 4.78 is 11.0. The van der Waals surface area contributed by atoms with Crippen LogP contribution in [0.1, 0.15) is 50.4 Å². The summed E-state index contributed by atoms with van der Waals surface area (Å²) in [5.74, 6) is -0.847. The number of ketones is 1. The van der Waals surface area contributed by atoms with E-state index in [9.17, 15) is 14.7 Å². The van der Waals surface area contributed by atoms with Gasteiger partial charge in [-0.1, -0.05) is 57.2 Å². The first-order valence-corrected chi connectivity index (χ1v) is 12.6. The lowest BCUT2D eigenvalue weighted by atomic mass is 9.85. The van der Waals surface area contributed by atoms with Crippen LogP contribution >= 0.6 is 0 Å². The van der Waals surface area contributed by atoms with E-state index in [1.165, 1.54) is 0 Å². The summed E-state index contributed by atoms with van der Waals surface area (Å²) >= 11 is 0. The van der Waals surface area contributed by atoms with Crippen molar-refractivity contribution in [3.8, 4) is 5.75 Å². The molecule has 1 atom stereocenters. The van der Waals surface area contributed by atoms with Gasteiger partial charge in [0, 0.05) is 31.7 Å². The molecule has 0 saturated carbocycles. The molecule has 0 spiro atoms. The third kappa shape index (κ3) is 5.47. The number of likely N-dealkylation sites (tertiary alicyclic amines) is 1.